The molecule has 0 amide bonds. The molecule has 0 saturated heterocycles. The topological polar surface area (TPSA) is 80.4 Å². The number of carboxylic acid groups (broad SMARTS) is 1. The molecule has 0 aliphatic carbocycles. The molecule has 0 atom stereocenters. The summed E-state index contributed by atoms with van der Waals surface area (Å²) in [7, 11) is 0. The molecule has 0 heterocycles. The molecule has 0 rings (SSSR count). The zero-order valence-electron chi connectivity index (χ0n) is 11.8. The fourth-order valence-corrected chi connectivity index (χ4v) is 1.85. The van der Waals surface area contributed by atoms with Gasteiger partial charge in [0.1, 0.15) is 0 Å². The first-order valence-corrected chi connectivity index (χ1v) is 7.13. The fourth-order valence-electron chi connectivity index (χ4n) is 1.85. The van der Waals surface area contributed by atoms with Crippen LogP contribution in [0.3, 0.4) is 0 Å². The molecule has 0 aliphatic heterocycles. The molecule has 0 unspecified atom stereocenters. The largest absolute Gasteiger partial charge is 0.481 e. The van der Waals surface area contributed by atoms with Crippen LogP contribution >= 0.6 is 0 Å². The van der Waals surface area contributed by atoms with Gasteiger partial charge in [-0.15, -0.1) is 0 Å². The summed E-state index contributed by atoms with van der Waals surface area (Å²) >= 11 is 0. The van der Waals surface area contributed by atoms with Gasteiger partial charge in [-0.2, -0.15) is 0 Å². The van der Waals surface area contributed by atoms with E-state index in [-0.39, 0.29) is 11.3 Å². The number of carbonyl (C=O) groups is 1. The van der Waals surface area contributed by atoms with Gasteiger partial charge in [0.25, 0.3) is 0 Å². The summed E-state index contributed by atoms with van der Waals surface area (Å²) in [5.74, 6) is -0.755. The zero-order chi connectivity index (χ0) is 14.5. The number of rotatable bonds is 12. The van der Waals surface area contributed by atoms with Crippen LogP contribution < -0.4 is 0 Å². The van der Waals surface area contributed by atoms with Crippen molar-refractivity contribution >= 4 is 5.97 Å². The van der Waals surface area contributed by atoms with Crippen molar-refractivity contribution in [2.75, 3.05) is 0 Å². The lowest BCUT2D eigenvalue weighted by Crippen LogP contribution is -1.99. The van der Waals surface area contributed by atoms with Crippen LogP contribution in [0.15, 0.2) is 11.8 Å². The number of allylic oxidation sites excluding steroid dienone is 2. The molecular weight excluding hydrogens is 246 g/mol. The summed E-state index contributed by atoms with van der Waals surface area (Å²) in [5.41, 5.74) is 0.332. The van der Waals surface area contributed by atoms with Crippen LogP contribution in [-0.2, 0) is 4.79 Å². The number of unbranched alkanes of at least 4 members (excludes halogenated alkanes) is 6. The number of nitro groups is 1. The van der Waals surface area contributed by atoms with Crippen molar-refractivity contribution in [1.29, 1.82) is 0 Å². The van der Waals surface area contributed by atoms with E-state index < -0.39 is 5.97 Å². The molecule has 5 heteroatoms. The average molecular weight is 271 g/mol. The van der Waals surface area contributed by atoms with Gasteiger partial charge in [-0.25, -0.2) is 0 Å². The number of nitrogens with zero attached hydrogens (tertiary/aromatic N) is 1. The normalized spacial score (nSPS) is 11.5. The summed E-state index contributed by atoms with van der Waals surface area (Å²) in [6.45, 7) is 2.07. The van der Waals surface area contributed by atoms with Gasteiger partial charge in [0.2, 0.25) is 5.70 Å². The zero-order valence-corrected chi connectivity index (χ0v) is 11.8. The van der Waals surface area contributed by atoms with E-state index in [1.807, 2.05) is 0 Å². The van der Waals surface area contributed by atoms with Gasteiger partial charge < -0.3 is 5.11 Å². The van der Waals surface area contributed by atoms with Gasteiger partial charge in [-0.3, -0.25) is 14.9 Å². The van der Waals surface area contributed by atoms with E-state index in [0.29, 0.717) is 18.5 Å². The highest BCUT2D eigenvalue weighted by molar-refractivity contribution is 5.66. The molecule has 0 aromatic carbocycles. The van der Waals surface area contributed by atoms with Crippen LogP contribution in [0.4, 0.5) is 0 Å². The van der Waals surface area contributed by atoms with E-state index >= 15 is 0 Å². The van der Waals surface area contributed by atoms with Gasteiger partial charge in [-0.05, 0) is 31.8 Å². The maximum Gasteiger partial charge on any atom is 0.303 e. The van der Waals surface area contributed by atoms with Gasteiger partial charge in [0, 0.05) is 12.8 Å². The van der Waals surface area contributed by atoms with E-state index in [9.17, 15) is 14.9 Å². The van der Waals surface area contributed by atoms with Gasteiger partial charge in [-0.1, -0.05) is 32.6 Å². The minimum Gasteiger partial charge on any atom is -0.481 e. The number of carboxylic acids is 1. The molecule has 1 N–H and O–H groups in total. The molecular formula is C14H25NO4. The fraction of sp³-hybridized carbons (Fsp3) is 0.786. The predicted molar refractivity (Wildman–Crippen MR) is 74.6 cm³/mol. The van der Waals surface area contributed by atoms with Crippen LogP contribution in [0.5, 0.6) is 0 Å². The predicted octanol–water partition coefficient (Wildman–Crippen LogP) is 4.15. The SMILES string of the molecule is CCCC/C=C(\CCCCCCCC(=O)O)[N+](=O)[O-]. The summed E-state index contributed by atoms with van der Waals surface area (Å²) in [5, 5.41) is 19.3. The summed E-state index contributed by atoms with van der Waals surface area (Å²) in [6.07, 6.45) is 9.59. The quantitative estimate of drug-likeness (QED) is 0.328. The molecule has 0 aromatic heterocycles. The lowest BCUT2D eigenvalue weighted by molar-refractivity contribution is -0.428. The molecule has 5 nitrogen and oxygen atoms in total. The highest BCUT2D eigenvalue weighted by atomic mass is 16.6. The van der Waals surface area contributed by atoms with E-state index in [0.717, 1.165) is 44.9 Å². The van der Waals surface area contributed by atoms with Crippen molar-refractivity contribution < 1.29 is 14.8 Å². The summed E-state index contributed by atoms with van der Waals surface area (Å²) < 4.78 is 0. The Kier molecular flexibility index (Phi) is 10.8. The van der Waals surface area contributed by atoms with Crippen molar-refractivity contribution in [2.45, 2.75) is 71.1 Å². The third-order valence-electron chi connectivity index (χ3n) is 3.00. The number of hydrogen-bond acceptors (Lipinski definition) is 3. The molecule has 0 spiro atoms. The van der Waals surface area contributed by atoms with Gasteiger partial charge in [0.05, 0.1) is 4.92 Å². The number of aliphatic carboxylic acids is 1. The summed E-state index contributed by atoms with van der Waals surface area (Å²) in [4.78, 5) is 20.8. The van der Waals surface area contributed by atoms with Gasteiger partial charge >= 0.3 is 5.97 Å². The van der Waals surface area contributed by atoms with Gasteiger partial charge in [0.15, 0.2) is 0 Å². The van der Waals surface area contributed by atoms with Crippen molar-refractivity contribution in [3.8, 4) is 0 Å². The maximum atomic E-state index is 10.8. The van der Waals surface area contributed by atoms with E-state index in [1.54, 1.807) is 6.08 Å². The Morgan fingerprint density at radius 1 is 1.11 bits per heavy atom. The Morgan fingerprint density at radius 2 is 1.68 bits per heavy atom. The Balaban J connectivity index is 3.67. The Morgan fingerprint density at radius 3 is 2.21 bits per heavy atom. The van der Waals surface area contributed by atoms with E-state index in [1.165, 1.54) is 0 Å². The van der Waals surface area contributed by atoms with Crippen LogP contribution in [0.2, 0.25) is 0 Å². The molecule has 0 saturated carbocycles. The molecule has 19 heavy (non-hydrogen) atoms. The minimum absolute atomic E-state index is 0.219. The highest BCUT2D eigenvalue weighted by Gasteiger charge is 2.09. The summed E-state index contributed by atoms with van der Waals surface area (Å²) in [6, 6.07) is 0. The first kappa shape index (κ1) is 17.6. The monoisotopic (exact) mass is 271 g/mol. The molecule has 0 aliphatic rings. The molecule has 0 fully saturated rings. The third-order valence-corrected chi connectivity index (χ3v) is 3.00. The van der Waals surface area contributed by atoms with Crippen molar-refractivity contribution in [3.63, 3.8) is 0 Å². The second-order valence-electron chi connectivity index (χ2n) is 4.76. The third kappa shape index (κ3) is 11.4. The van der Waals surface area contributed by atoms with Crippen LogP contribution in [0, 0.1) is 10.1 Å². The Hall–Kier alpha value is -1.39. The molecule has 110 valence electrons. The minimum atomic E-state index is -0.755. The molecule has 0 aromatic rings. The number of hydrogen-bond donors (Lipinski definition) is 1. The second-order valence-corrected chi connectivity index (χ2v) is 4.76. The Labute approximate surface area is 114 Å². The molecule has 0 radical (unpaired) electrons. The lowest BCUT2D eigenvalue weighted by atomic mass is 10.1. The van der Waals surface area contributed by atoms with Crippen molar-refractivity contribution in [1.82, 2.24) is 0 Å². The van der Waals surface area contributed by atoms with Crippen LogP contribution in [-0.4, -0.2) is 16.0 Å². The highest BCUT2D eigenvalue weighted by Crippen LogP contribution is 2.13. The average Bonchev–Trinajstić information content (AvgIpc) is 2.34. The van der Waals surface area contributed by atoms with E-state index in [4.69, 9.17) is 5.11 Å². The first-order valence-electron chi connectivity index (χ1n) is 7.13. The Bertz CT molecular complexity index is 300. The molecule has 0 bridgehead atoms. The first-order chi connectivity index (χ1) is 9.07. The van der Waals surface area contributed by atoms with E-state index in [2.05, 4.69) is 6.92 Å². The lowest BCUT2D eigenvalue weighted by Gasteiger charge is -2.00. The van der Waals surface area contributed by atoms with Crippen LogP contribution in [0.1, 0.15) is 71.1 Å². The standard InChI is InChI=1S/C14H25NO4/c1-2-3-7-10-13(15(18)19)11-8-5-4-6-9-12-14(16)17/h10H,2-9,11-12H2,1H3,(H,16,17)/b13-10+. The van der Waals surface area contributed by atoms with Crippen molar-refractivity contribution in [2.24, 2.45) is 0 Å². The van der Waals surface area contributed by atoms with Crippen LogP contribution in [0.25, 0.3) is 0 Å². The maximum absolute atomic E-state index is 10.8. The second kappa shape index (κ2) is 11.7. The smallest absolute Gasteiger partial charge is 0.303 e. The van der Waals surface area contributed by atoms with Crippen molar-refractivity contribution in [3.05, 3.63) is 21.9 Å².